The average Bonchev–Trinajstić information content (AvgIpc) is 3.64. The summed E-state index contributed by atoms with van der Waals surface area (Å²) < 4.78 is 2.76. The molecule has 2 nitrogen and oxygen atoms in total. The van der Waals surface area contributed by atoms with Crippen molar-refractivity contribution in [1.29, 1.82) is 0 Å². The Morgan fingerprint density at radius 2 is 0.985 bits per heavy atom. The molecule has 66 heavy (non-hydrogen) atoms. The first-order chi connectivity index (χ1) is 31.0. The van der Waals surface area contributed by atoms with E-state index >= 15 is 0 Å². The second-order valence-electron chi connectivity index (χ2n) is 25.5. The lowest BCUT2D eigenvalue weighted by Gasteiger charge is -2.49. The largest absolute Gasteiger partial charge is 0.376 e. The van der Waals surface area contributed by atoms with Gasteiger partial charge in [-0.05, 0) is 194 Å². The summed E-state index contributed by atoms with van der Waals surface area (Å²) in [4.78, 5) is 5.57. The molecule has 6 aromatic carbocycles. The molecule has 5 aliphatic rings. The lowest BCUT2D eigenvalue weighted by Crippen LogP contribution is -2.62. The fourth-order valence-corrected chi connectivity index (χ4v) is 14.9. The first-order valence-corrected chi connectivity index (χ1v) is 26.0. The van der Waals surface area contributed by atoms with E-state index in [1.54, 1.807) is 0 Å². The van der Waals surface area contributed by atoms with Crippen LogP contribution in [-0.2, 0) is 32.5 Å². The Morgan fingerprint density at radius 1 is 0.439 bits per heavy atom. The van der Waals surface area contributed by atoms with Crippen LogP contribution < -0.4 is 20.6 Å². The van der Waals surface area contributed by atoms with Crippen molar-refractivity contribution in [1.82, 2.24) is 0 Å². The topological polar surface area (TPSA) is 6.48 Å². The van der Waals surface area contributed by atoms with Crippen LogP contribution in [0.4, 0.5) is 28.4 Å². The molecule has 0 N–H and O–H groups in total. The fraction of sp³-hybridized carbons (Fsp3) is 0.419. The maximum atomic E-state index is 2.85. The summed E-state index contributed by atoms with van der Waals surface area (Å²) in [5.74, 6) is 0. The van der Waals surface area contributed by atoms with Gasteiger partial charge in [0.15, 0.2) is 0 Å². The summed E-state index contributed by atoms with van der Waals surface area (Å²) >= 11 is 2.00. The molecule has 2 aliphatic heterocycles. The lowest BCUT2D eigenvalue weighted by molar-refractivity contribution is 0.332. The van der Waals surface area contributed by atoms with Crippen LogP contribution in [0.5, 0.6) is 0 Å². The van der Waals surface area contributed by atoms with E-state index in [1.165, 1.54) is 154 Å². The third-order valence-electron chi connectivity index (χ3n) is 18.2. The zero-order chi connectivity index (χ0) is 46.4. The van der Waals surface area contributed by atoms with Gasteiger partial charge in [0.25, 0.3) is 0 Å². The molecule has 0 unspecified atom stereocenters. The SMILES string of the molecule is Cc1cc2c3c(c1)N(c1cc4c(cc1C)C(C)(C)CCC4(C)C)c1ccc4c(sc5ccccc54)c1B3N(c1ccc3c(c1)C(C)(C)CCC3(C)C)c1cc3c(cc1-2)C(C)(C)CCC3(C)C. The number of thiophene rings is 1. The third-order valence-corrected chi connectivity index (χ3v) is 19.4. The molecule has 12 rings (SSSR count). The monoisotopic (exact) mass is 885 g/mol. The molecular weight excluding hydrogens is 816 g/mol. The number of fused-ring (bicyclic) bond motifs is 11. The van der Waals surface area contributed by atoms with Gasteiger partial charge in [-0.15, -0.1) is 11.3 Å². The van der Waals surface area contributed by atoms with Gasteiger partial charge < -0.3 is 9.71 Å². The smallest absolute Gasteiger partial charge is 0.334 e. The predicted octanol–water partition coefficient (Wildman–Crippen LogP) is 16.4. The molecule has 0 saturated heterocycles. The van der Waals surface area contributed by atoms with Gasteiger partial charge in [-0.3, -0.25) is 0 Å². The number of aryl methyl sites for hydroxylation is 2. The Labute approximate surface area is 399 Å². The van der Waals surface area contributed by atoms with E-state index in [-0.39, 0.29) is 39.3 Å². The normalized spacial score (nSPS) is 20.8. The van der Waals surface area contributed by atoms with Crippen LogP contribution in [0.25, 0.3) is 31.3 Å². The van der Waals surface area contributed by atoms with Crippen LogP contribution in [-0.4, -0.2) is 6.85 Å². The van der Waals surface area contributed by atoms with Crippen molar-refractivity contribution in [2.75, 3.05) is 9.71 Å². The molecular formula is C62H69BN2S. The van der Waals surface area contributed by atoms with Crippen LogP contribution in [0, 0.1) is 13.8 Å². The Bertz CT molecular complexity index is 3260. The summed E-state index contributed by atoms with van der Waals surface area (Å²) in [5, 5.41) is 2.72. The molecule has 0 saturated carbocycles. The van der Waals surface area contributed by atoms with Crippen molar-refractivity contribution in [2.24, 2.45) is 0 Å². The molecule has 7 aromatic rings. The number of nitrogens with zero attached hydrogens (tertiary/aromatic N) is 2. The Morgan fingerprint density at radius 3 is 1.62 bits per heavy atom. The minimum atomic E-state index is -0.0463. The summed E-state index contributed by atoms with van der Waals surface area (Å²) in [7, 11) is 0. The Kier molecular flexibility index (Phi) is 8.68. The number of hydrogen-bond acceptors (Lipinski definition) is 3. The van der Waals surface area contributed by atoms with Gasteiger partial charge in [-0.2, -0.15) is 0 Å². The van der Waals surface area contributed by atoms with Crippen LogP contribution in [0.3, 0.4) is 0 Å². The summed E-state index contributed by atoms with van der Waals surface area (Å²) in [6.07, 6.45) is 7.17. The molecule has 336 valence electrons. The maximum Gasteiger partial charge on any atom is 0.334 e. The second kappa shape index (κ2) is 13.5. The zero-order valence-corrected chi connectivity index (χ0v) is 43.1. The highest BCUT2D eigenvalue weighted by Crippen LogP contribution is 2.56. The van der Waals surface area contributed by atoms with Crippen LogP contribution in [0.2, 0.25) is 0 Å². The molecule has 4 heteroatoms. The third kappa shape index (κ3) is 5.85. The van der Waals surface area contributed by atoms with Gasteiger partial charge in [0, 0.05) is 54.2 Å². The number of anilines is 5. The lowest BCUT2D eigenvalue weighted by atomic mass is 9.43. The highest BCUT2D eigenvalue weighted by molar-refractivity contribution is 7.27. The molecule has 0 fully saturated rings. The maximum absolute atomic E-state index is 2.85. The molecule has 0 atom stereocenters. The zero-order valence-electron chi connectivity index (χ0n) is 42.3. The summed E-state index contributed by atoms with van der Waals surface area (Å²) in [5.41, 5.74) is 24.6. The van der Waals surface area contributed by atoms with Crippen molar-refractivity contribution >= 4 is 77.7 Å². The van der Waals surface area contributed by atoms with E-state index in [2.05, 4.69) is 198 Å². The Hall–Kier alpha value is -4.80. The fourth-order valence-electron chi connectivity index (χ4n) is 13.6. The highest BCUT2D eigenvalue weighted by atomic mass is 32.1. The molecule has 0 amide bonds. The average molecular weight is 885 g/mol. The van der Waals surface area contributed by atoms with Crippen LogP contribution in [0.1, 0.15) is 166 Å². The van der Waals surface area contributed by atoms with Crippen molar-refractivity contribution in [3.05, 3.63) is 136 Å². The van der Waals surface area contributed by atoms with Crippen LogP contribution in [0.15, 0.2) is 91.0 Å². The van der Waals surface area contributed by atoms with E-state index in [9.17, 15) is 0 Å². The second-order valence-corrected chi connectivity index (χ2v) is 26.5. The molecule has 0 spiro atoms. The quantitative estimate of drug-likeness (QED) is 0.160. The van der Waals surface area contributed by atoms with Crippen molar-refractivity contribution < 1.29 is 0 Å². The van der Waals surface area contributed by atoms with E-state index in [0.29, 0.717) is 0 Å². The minimum absolute atomic E-state index is 0.0463. The van der Waals surface area contributed by atoms with Gasteiger partial charge in [0.2, 0.25) is 0 Å². The molecule has 3 heterocycles. The highest BCUT2D eigenvalue weighted by Gasteiger charge is 2.50. The molecule has 3 aliphatic carbocycles. The van der Waals surface area contributed by atoms with Crippen molar-refractivity contribution in [3.8, 4) is 11.1 Å². The molecule has 1 aromatic heterocycles. The van der Waals surface area contributed by atoms with Crippen molar-refractivity contribution in [3.63, 3.8) is 0 Å². The number of rotatable bonds is 2. The van der Waals surface area contributed by atoms with Crippen molar-refractivity contribution in [2.45, 2.75) is 168 Å². The van der Waals surface area contributed by atoms with E-state index in [0.717, 1.165) is 0 Å². The summed E-state index contributed by atoms with van der Waals surface area (Å²) in [6.45, 7) is 34.5. The van der Waals surface area contributed by atoms with E-state index < -0.39 is 0 Å². The Balaban J connectivity index is 1.24. The van der Waals surface area contributed by atoms with Gasteiger partial charge >= 0.3 is 6.85 Å². The van der Waals surface area contributed by atoms with Gasteiger partial charge in [-0.1, -0.05) is 126 Å². The van der Waals surface area contributed by atoms with Gasteiger partial charge in [0.1, 0.15) is 0 Å². The number of benzene rings is 6. The van der Waals surface area contributed by atoms with E-state index in [1.807, 2.05) is 11.3 Å². The molecule has 0 radical (unpaired) electrons. The van der Waals surface area contributed by atoms with Gasteiger partial charge in [0.05, 0.1) is 0 Å². The first kappa shape index (κ1) is 42.6. The first-order valence-electron chi connectivity index (χ1n) is 25.2. The number of hydrogen-bond donors (Lipinski definition) is 0. The van der Waals surface area contributed by atoms with Crippen LogP contribution >= 0.6 is 11.3 Å². The summed E-state index contributed by atoms with van der Waals surface area (Å²) in [6, 6.07) is 37.4. The standard InChI is InChI=1S/C62H69BN2S/c1-36-29-42-41-33-46-48(62(13,14)28-26-60(46,9)10)35-51(41)65(38-19-21-43-45(32-38)59(7,8)24-23-57(43,3)4)63-54(42)52(30-36)64(49-22-20-40-39-17-15-16-18-53(39)66-56(40)55(49)63)50-34-47-44(31-37(50)2)58(5,6)25-27-61(47,11)12/h15-22,29-35H,23-28H2,1-14H3. The van der Waals surface area contributed by atoms with E-state index in [4.69, 9.17) is 0 Å². The molecule has 0 bridgehead atoms. The minimum Gasteiger partial charge on any atom is -0.376 e. The predicted molar refractivity (Wildman–Crippen MR) is 288 cm³/mol. The van der Waals surface area contributed by atoms with Gasteiger partial charge in [-0.25, -0.2) is 0 Å².